The van der Waals surface area contributed by atoms with Gasteiger partial charge in [-0.15, -0.1) is 12.6 Å². The maximum Gasteiger partial charge on any atom is 0.219 e. The second-order valence-electron chi connectivity index (χ2n) is 5.53. The van der Waals surface area contributed by atoms with Crippen molar-refractivity contribution in [2.75, 3.05) is 66.0 Å². The van der Waals surface area contributed by atoms with Gasteiger partial charge in [0.05, 0.1) is 65.5 Å². The molecule has 1 amide bonds. The van der Waals surface area contributed by atoms with E-state index in [4.69, 9.17) is 23.7 Å². The summed E-state index contributed by atoms with van der Waals surface area (Å²) >= 11 is 3.57. The van der Waals surface area contributed by atoms with Gasteiger partial charge < -0.3 is 29.0 Å². The van der Waals surface area contributed by atoms with Crippen LogP contribution in [0.5, 0.6) is 0 Å². The number of carbonyl (C=O) groups excluding carboxylic acids is 2. The van der Waals surface area contributed by atoms with Crippen LogP contribution in [0.2, 0.25) is 0 Å². The van der Waals surface area contributed by atoms with Gasteiger partial charge in [-0.25, -0.2) is 4.39 Å². The molecule has 0 heterocycles. The molecule has 0 aromatic carbocycles. The molecule has 160 valence electrons. The molecular weight excluding hydrogens is 381 g/mol. The van der Waals surface area contributed by atoms with Crippen LogP contribution in [-0.4, -0.2) is 89.3 Å². The molecule has 8 nitrogen and oxygen atoms in total. The average Bonchev–Trinajstić information content (AvgIpc) is 2.65. The van der Waals surface area contributed by atoms with Crippen LogP contribution in [0.4, 0.5) is 4.39 Å². The quantitative estimate of drug-likeness (QED) is 0.239. The fourth-order valence-corrected chi connectivity index (χ4v) is 1.81. The van der Waals surface area contributed by atoms with Crippen LogP contribution in [-0.2, 0) is 33.3 Å². The maximum absolute atomic E-state index is 13.7. The monoisotopic (exact) mass is 413 g/mol. The first-order valence-corrected chi connectivity index (χ1v) is 9.47. The summed E-state index contributed by atoms with van der Waals surface area (Å²) in [6.07, 6.45) is -1.54. The number of halogens is 1. The largest absolute Gasteiger partial charge is 0.377 e. The van der Waals surface area contributed by atoms with Gasteiger partial charge in [0, 0.05) is 6.42 Å². The lowest BCUT2D eigenvalue weighted by Crippen LogP contribution is -2.36. The number of hydrogen-bond acceptors (Lipinski definition) is 7. The molecular formula is C17H32FNO7S. The molecule has 0 aliphatic rings. The molecule has 2 atom stereocenters. The molecule has 0 fully saturated rings. The third-order valence-corrected chi connectivity index (χ3v) is 3.40. The fourth-order valence-electron chi connectivity index (χ4n) is 1.72. The molecule has 0 bridgehead atoms. The zero-order valence-corrected chi connectivity index (χ0v) is 17.0. The van der Waals surface area contributed by atoms with Crippen LogP contribution in [0, 0.1) is 0 Å². The van der Waals surface area contributed by atoms with E-state index in [2.05, 4.69) is 17.9 Å². The summed E-state index contributed by atoms with van der Waals surface area (Å²) in [6.45, 7) is 6.23. The van der Waals surface area contributed by atoms with Crippen molar-refractivity contribution >= 4 is 23.7 Å². The summed E-state index contributed by atoms with van der Waals surface area (Å²) in [4.78, 5) is 21.6. The van der Waals surface area contributed by atoms with Crippen LogP contribution in [0.15, 0.2) is 0 Å². The van der Waals surface area contributed by atoms with Gasteiger partial charge in [-0.05, 0) is 6.92 Å². The maximum atomic E-state index is 13.7. The number of amides is 1. The minimum absolute atomic E-state index is 0.0236. The third-order valence-electron chi connectivity index (χ3n) is 3.27. The number of nitrogens with one attached hydrogen (secondary N) is 1. The highest BCUT2D eigenvalue weighted by molar-refractivity contribution is 7.96. The molecule has 0 rings (SSSR count). The van der Waals surface area contributed by atoms with E-state index >= 15 is 0 Å². The number of carbonyl (C=O) groups is 2. The Morgan fingerprint density at radius 1 is 0.926 bits per heavy atom. The SMILES string of the molecule is CCC(=O)NCC(F)C(C)OCCOCCOCCOCCOCC(=O)S. The van der Waals surface area contributed by atoms with Crippen molar-refractivity contribution < 1.29 is 37.7 Å². The Labute approximate surface area is 165 Å². The highest BCUT2D eigenvalue weighted by Crippen LogP contribution is 2.02. The number of hydrogen-bond donors (Lipinski definition) is 2. The Morgan fingerprint density at radius 2 is 1.41 bits per heavy atom. The van der Waals surface area contributed by atoms with E-state index < -0.39 is 12.3 Å². The zero-order valence-electron chi connectivity index (χ0n) is 16.1. The fraction of sp³-hybridized carbons (Fsp3) is 0.882. The van der Waals surface area contributed by atoms with E-state index in [1.54, 1.807) is 13.8 Å². The Hall–Kier alpha value is -0.780. The van der Waals surface area contributed by atoms with Crippen LogP contribution in [0.3, 0.4) is 0 Å². The molecule has 0 aliphatic heterocycles. The van der Waals surface area contributed by atoms with Gasteiger partial charge in [-0.2, -0.15) is 0 Å². The number of thiol groups is 1. The van der Waals surface area contributed by atoms with Gasteiger partial charge >= 0.3 is 0 Å². The van der Waals surface area contributed by atoms with Gasteiger partial charge in [-0.3, -0.25) is 9.59 Å². The smallest absolute Gasteiger partial charge is 0.219 e. The molecule has 27 heavy (non-hydrogen) atoms. The number of rotatable bonds is 19. The standard InChI is InChI=1S/C17H32FNO7S/c1-3-16(20)19-12-15(18)14(2)26-11-10-24-7-6-22-4-5-23-8-9-25-13-17(21)27/h14-15H,3-13H2,1-2H3,(H,19,20)(H,21,27). The highest BCUT2D eigenvalue weighted by Gasteiger charge is 2.17. The minimum atomic E-state index is -1.26. The van der Waals surface area contributed by atoms with Crippen molar-refractivity contribution in [2.24, 2.45) is 0 Å². The van der Waals surface area contributed by atoms with Crippen molar-refractivity contribution in [3.8, 4) is 0 Å². The Balaban J connectivity index is 3.30. The molecule has 0 aromatic heterocycles. The minimum Gasteiger partial charge on any atom is -0.377 e. The molecule has 0 aromatic rings. The molecule has 1 N–H and O–H groups in total. The van der Waals surface area contributed by atoms with E-state index in [0.29, 0.717) is 52.7 Å². The van der Waals surface area contributed by atoms with E-state index in [1.807, 2.05) is 0 Å². The number of alkyl halides is 1. The van der Waals surface area contributed by atoms with Crippen LogP contribution < -0.4 is 5.32 Å². The van der Waals surface area contributed by atoms with Crippen molar-refractivity contribution in [3.63, 3.8) is 0 Å². The van der Waals surface area contributed by atoms with Gasteiger partial charge in [-0.1, -0.05) is 6.92 Å². The van der Waals surface area contributed by atoms with E-state index in [0.717, 1.165) is 0 Å². The molecule has 0 radical (unpaired) electrons. The molecule has 2 unspecified atom stereocenters. The third kappa shape index (κ3) is 18.4. The lowest BCUT2D eigenvalue weighted by molar-refractivity contribution is -0.121. The van der Waals surface area contributed by atoms with Gasteiger partial charge in [0.15, 0.2) is 0 Å². The van der Waals surface area contributed by atoms with E-state index in [1.165, 1.54) is 0 Å². The Kier molecular flexibility index (Phi) is 18.0. The van der Waals surface area contributed by atoms with Crippen LogP contribution in [0.1, 0.15) is 20.3 Å². The molecule has 0 saturated heterocycles. The second kappa shape index (κ2) is 18.6. The summed E-state index contributed by atoms with van der Waals surface area (Å²) < 4.78 is 39.9. The Morgan fingerprint density at radius 3 is 1.89 bits per heavy atom. The lowest BCUT2D eigenvalue weighted by Gasteiger charge is -2.18. The Bertz CT molecular complexity index is 390. The first-order valence-electron chi connectivity index (χ1n) is 9.02. The highest BCUT2D eigenvalue weighted by atomic mass is 32.1. The normalized spacial score (nSPS) is 13.3. The van der Waals surface area contributed by atoms with Gasteiger partial charge in [0.2, 0.25) is 11.0 Å². The average molecular weight is 414 g/mol. The van der Waals surface area contributed by atoms with Gasteiger partial charge in [0.25, 0.3) is 0 Å². The molecule has 0 aliphatic carbocycles. The summed E-state index contributed by atoms with van der Waals surface area (Å²) in [5.74, 6) is -0.183. The summed E-state index contributed by atoms with van der Waals surface area (Å²) in [6, 6.07) is 0. The summed E-state index contributed by atoms with van der Waals surface area (Å²) in [5.41, 5.74) is 0. The van der Waals surface area contributed by atoms with Crippen molar-refractivity contribution in [3.05, 3.63) is 0 Å². The van der Waals surface area contributed by atoms with E-state index in [9.17, 15) is 14.0 Å². The zero-order chi connectivity index (χ0) is 20.3. The molecule has 0 saturated carbocycles. The first kappa shape index (κ1) is 26.2. The summed E-state index contributed by atoms with van der Waals surface area (Å²) in [7, 11) is 0. The van der Waals surface area contributed by atoms with Crippen molar-refractivity contribution in [1.82, 2.24) is 5.32 Å². The van der Waals surface area contributed by atoms with Crippen molar-refractivity contribution in [2.45, 2.75) is 32.5 Å². The van der Waals surface area contributed by atoms with Gasteiger partial charge in [0.1, 0.15) is 12.8 Å². The number of ether oxygens (including phenoxy) is 5. The second-order valence-corrected chi connectivity index (χ2v) is 6.03. The summed E-state index contributed by atoms with van der Waals surface area (Å²) in [5, 5.41) is 2.17. The van der Waals surface area contributed by atoms with Crippen molar-refractivity contribution in [1.29, 1.82) is 0 Å². The van der Waals surface area contributed by atoms with Crippen LogP contribution in [0.25, 0.3) is 0 Å². The predicted octanol–water partition coefficient (Wildman–Crippen LogP) is 0.779. The molecule has 0 spiro atoms. The lowest BCUT2D eigenvalue weighted by atomic mass is 10.2. The van der Waals surface area contributed by atoms with Crippen LogP contribution >= 0.6 is 12.6 Å². The van der Waals surface area contributed by atoms with E-state index in [-0.39, 0.29) is 30.8 Å². The first-order chi connectivity index (χ1) is 13.0. The topological polar surface area (TPSA) is 92.3 Å². The molecule has 10 heteroatoms. The predicted molar refractivity (Wildman–Crippen MR) is 101 cm³/mol.